The van der Waals surface area contributed by atoms with Gasteiger partial charge in [-0.3, -0.25) is 14.4 Å². The van der Waals surface area contributed by atoms with Gasteiger partial charge in [0.15, 0.2) is 6.10 Å². The third-order valence-electron chi connectivity index (χ3n) is 14.6. The maximum atomic E-state index is 12.9. The van der Waals surface area contributed by atoms with Gasteiger partial charge in [0.05, 0.1) is 0 Å². The quantitative estimate of drug-likeness (QED) is 0.0261. The molecule has 0 N–H and O–H groups in total. The van der Waals surface area contributed by atoms with Gasteiger partial charge in [0, 0.05) is 19.3 Å². The van der Waals surface area contributed by atoms with Gasteiger partial charge in [0.25, 0.3) is 0 Å². The average Bonchev–Trinajstić information content (AvgIpc) is 3.44. The van der Waals surface area contributed by atoms with Gasteiger partial charge in [0.2, 0.25) is 0 Å². The summed E-state index contributed by atoms with van der Waals surface area (Å²) in [6, 6.07) is 0. The lowest BCUT2D eigenvalue weighted by Gasteiger charge is -2.18. The van der Waals surface area contributed by atoms with E-state index in [1.807, 2.05) is 0 Å². The molecule has 0 aromatic rings. The first-order valence-corrected chi connectivity index (χ1v) is 33.6. The molecule has 0 rings (SSSR count). The van der Waals surface area contributed by atoms with Gasteiger partial charge in [-0.2, -0.15) is 0 Å². The zero-order valence-corrected chi connectivity index (χ0v) is 51.7. The molecular weight excluding hydrogens is 961 g/mol. The molecule has 0 aromatic carbocycles. The molecule has 0 aliphatic rings. The van der Waals surface area contributed by atoms with Gasteiger partial charge in [-0.15, -0.1) is 0 Å². The second kappa shape index (κ2) is 66.1. The molecule has 6 heteroatoms. The van der Waals surface area contributed by atoms with E-state index >= 15 is 0 Å². The molecule has 0 aliphatic carbocycles. The average molecular weight is 1090 g/mol. The van der Waals surface area contributed by atoms with E-state index in [4.69, 9.17) is 14.2 Å². The number of allylic oxidation sites excluding steroid dienone is 14. The monoisotopic (exact) mass is 1090 g/mol. The molecule has 0 radical (unpaired) electrons. The van der Waals surface area contributed by atoms with Crippen molar-refractivity contribution in [3.63, 3.8) is 0 Å². The molecule has 0 amide bonds. The number of carbonyl (C=O) groups is 3. The van der Waals surface area contributed by atoms with Crippen LogP contribution in [-0.2, 0) is 28.6 Å². The van der Waals surface area contributed by atoms with Crippen LogP contribution in [-0.4, -0.2) is 37.2 Å². The maximum Gasteiger partial charge on any atom is 0.306 e. The van der Waals surface area contributed by atoms with Crippen molar-refractivity contribution in [2.45, 2.75) is 341 Å². The second-order valence-corrected chi connectivity index (χ2v) is 22.4. The van der Waals surface area contributed by atoms with Crippen LogP contribution in [0.5, 0.6) is 0 Å². The molecule has 0 aromatic heterocycles. The third kappa shape index (κ3) is 63.4. The molecular formula is C72H126O6. The highest BCUT2D eigenvalue weighted by molar-refractivity contribution is 5.71. The lowest BCUT2D eigenvalue weighted by atomic mass is 10.0. The van der Waals surface area contributed by atoms with Crippen molar-refractivity contribution in [1.82, 2.24) is 0 Å². The summed E-state index contributed by atoms with van der Waals surface area (Å²) in [4.78, 5) is 38.3. The van der Waals surface area contributed by atoms with Crippen molar-refractivity contribution in [2.75, 3.05) is 13.2 Å². The Balaban J connectivity index is 4.32. The molecule has 0 saturated carbocycles. The normalized spacial score (nSPS) is 12.6. The van der Waals surface area contributed by atoms with Crippen molar-refractivity contribution in [2.24, 2.45) is 0 Å². The van der Waals surface area contributed by atoms with E-state index in [1.54, 1.807) is 0 Å². The third-order valence-corrected chi connectivity index (χ3v) is 14.6. The number of carbonyl (C=O) groups excluding carboxylic acids is 3. The first-order valence-electron chi connectivity index (χ1n) is 33.6. The van der Waals surface area contributed by atoms with Crippen LogP contribution in [0.2, 0.25) is 0 Å². The van der Waals surface area contributed by atoms with Gasteiger partial charge in [-0.1, -0.05) is 305 Å². The molecule has 0 heterocycles. The fraction of sp³-hybridized carbons (Fsp3) is 0.764. The smallest absolute Gasteiger partial charge is 0.306 e. The largest absolute Gasteiger partial charge is 0.462 e. The molecule has 0 bridgehead atoms. The predicted octanol–water partition coefficient (Wildman–Crippen LogP) is 23.1. The summed E-state index contributed by atoms with van der Waals surface area (Å²) in [5.41, 5.74) is 0. The summed E-state index contributed by atoms with van der Waals surface area (Å²) < 4.78 is 16.9. The summed E-state index contributed by atoms with van der Waals surface area (Å²) in [5.74, 6) is -0.879. The van der Waals surface area contributed by atoms with Gasteiger partial charge >= 0.3 is 17.9 Å². The van der Waals surface area contributed by atoms with Crippen LogP contribution in [0.4, 0.5) is 0 Å². The first kappa shape index (κ1) is 74.6. The molecule has 0 fully saturated rings. The molecule has 450 valence electrons. The van der Waals surface area contributed by atoms with Gasteiger partial charge in [-0.25, -0.2) is 0 Å². The fourth-order valence-electron chi connectivity index (χ4n) is 9.62. The minimum atomic E-state index is -0.783. The van der Waals surface area contributed by atoms with Crippen LogP contribution in [0, 0.1) is 0 Å². The van der Waals surface area contributed by atoms with E-state index in [0.717, 1.165) is 103 Å². The van der Waals surface area contributed by atoms with Crippen LogP contribution in [0.25, 0.3) is 0 Å². The molecule has 0 saturated heterocycles. The Morgan fingerprint density at radius 2 is 0.500 bits per heavy atom. The number of rotatable bonds is 61. The number of hydrogen-bond donors (Lipinski definition) is 0. The Labute approximate surface area is 484 Å². The molecule has 1 atom stereocenters. The first-order chi connectivity index (χ1) is 38.5. The summed E-state index contributed by atoms with van der Waals surface area (Å²) in [6.07, 6.45) is 87.4. The van der Waals surface area contributed by atoms with Crippen LogP contribution in [0.15, 0.2) is 85.1 Å². The standard InChI is InChI=1S/C72H126O6/c1-4-7-10-13-16-19-22-25-27-29-31-33-35-36-38-39-41-43-45-47-50-53-56-59-62-65-71(74)77-68-69(67-76-70(73)64-61-58-55-52-49-24-21-18-15-12-9-6-3)78-72(75)66-63-60-57-54-51-48-46-44-42-40-37-34-32-30-28-26-23-20-17-14-11-8-5-2/h7,10,16,19,25,27,30-33,36,38,41,43,69H,4-6,8-9,11-15,17-18,20-24,26,28-29,34-35,37,39-40,42,44-68H2,1-3H3/b10-7-,19-16-,27-25-,32-30-,33-31-,38-36-,43-41-. The lowest BCUT2D eigenvalue weighted by molar-refractivity contribution is -0.167. The van der Waals surface area contributed by atoms with E-state index in [0.29, 0.717) is 19.3 Å². The Morgan fingerprint density at radius 1 is 0.269 bits per heavy atom. The number of ether oxygens (including phenoxy) is 3. The zero-order chi connectivity index (χ0) is 56.4. The fourth-order valence-corrected chi connectivity index (χ4v) is 9.62. The minimum absolute atomic E-state index is 0.0782. The van der Waals surface area contributed by atoms with Gasteiger partial charge < -0.3 is 14.2 Å². The molecule has 1 unspecified atom stereocenters. The topological polar surface area (TPSA) is 78.9 Å². The van der Waals surface area contributed by atoms with Gasteiger partial charge in [0.1, 0.15) is 13.2 Å². The molecule has 6 nitrogen and oxygen atoms in total. The summed E-state index contributed by atoms with van der Waals surface area (Å²) in [7, 11) is 0. The second-order valence-electron chi connectivity index (χ2n) is 22.4. The maximum absolute atomic E-state index is 12.9. The van der Waals surface area contributed by atoms with E-state index in [9.17, 15) is 14.4 Å². The van der Waals surface area contributed by atoms with Crippen LogP contribution in [0.3, 0.4) is 0 Å². The van der Waals surface area contributed by atoms with Crippen LogP contribution in [0.1, 0.15) is 335 Å². The van der Waals surface area contributed by atoms with E-state index in [1.165, 1.54) is 193 Å². The predicted molar refractivity (Wildman–Crippen MR) is 339 cm³/mol. The van der Waals surface area contributed by atoms with Gasteiger partial charge in [-0.05, 0) is 96.3 Å². The number of unbranched alkanes of at least 4 members (excludes halogenated alkanes) is 36. The highest BCUT2D eigenvalue weighted by Gasteiger charge is 2.19. The summed E-state index contributed by atoms with van der Waals surface area (Å²) >= 11 is 0. The van der Waals surface area contributed by atoms with Crippen molar-refractivity contribution >= 4 is 17.9 Å². The number of esters is 3. The minimum Gasteiger partial charge on any atom is -0.462 e. The Kier molecular flexibility index (Phi) is 63.2. The Bertz CT molecular complexity index is 1480. The highest BCUT2D eigenvalue weighted by Crippen LogP contribution is 2.17. The summed E-state index contributed by atoms with van der Waals surface area (Å²) in [5, 5.41) is 0. The van der Waals surface area contributed by atoms with Crippen molar-refractivity contribution in [3.8, 4) is 0 Å². The van der Waals surface area contributed by atoms with Crippen LogP contribution < -0.4 is 0 Å². The molecule has 0 aliphatic heterocycles. The Hall–Kier alpha value is -3.41. The van der Waals surface area contributed by atoms with E-state index < -0.39 is 6.10 Å². The van der Waals surface area contributed by atoms with Crippen molar-refractivity contribution in [1.29, 1.82) is 0 Å². The van der Waals surface area contributed by atoms with E-state index in [2.05, 4.69) is 106 Å². The Morgan fingerprint density at radius 3 is 0.795 bits per heavy atom. The molecule has 78 heavy (non-hydrogen) atoms. The molecule has 0 spiro atoms. The van der Waals surface area contributed by atoms with Crippen LogP contribution >= 0.6 is 0 Å². The number of hydrogen-bond acceptors (Lipinski definition) is 6. The summed E-state index contributed by atoms with van der Waals surface area (Å²) in [6.45, 7) is 6.55. The SMILES string of the molecule is CC/C=C\C/C=C\C/C=C\C/C=C\C/C=C\C/C=C\CCCCCCCCC(=O)OCC(COC(=O)CCCCCCCCCCCCCC)OC(=O)CCCCCCCCCCCCC/C=C\CCCCCCCCCC. The lowest BCUT2D eigenvalue weighted by Crippen LogP contribution is -2.30. The van der Waals surface area contributed by atoms with E-state index in [-0.39, 0.29) is 31.1 Å². The highest BCUT2D eigenvalue weighted by atomic mass is 16.6. The van der Waals surface area contributed by atoms with Crippen molar-refractivity contribution < 1.29 is 28.6 Å². The zero-order valence-electron chi connectivity index (χ0n) is 51.7. The van der Waals surface area contributed by atoms with Crippen molar-refractivity contribution in [3.05, 3.63) is 85.1 Å².